The van der Waals surface area contributed by atoms with Crippen molar-refractivity contribution >= 4 is 22.8 Å². The average Bonchev–Trinajstić information content (AvgIpc) is 3.04. The summed E-state index contributed by atoms with van der Waals surface area (Å²) in [6.07, 6.45) is 3.21. The molecule has 0 unspecified atom stereocenters. The van der Waals surface area contributed by atoms with Gasteiger partial charge in [0.25, 0.3) is 5.95 Å². The van der Waals surface area contributed by atoms with Crippen molar-refractivity contribution in [1.82, 2.24) is 29.9 Å². The lowest BCUT2D eigenvalue weighted by Gasteiger charge is -2.03. The van der Waals surface area contributed by atoms with Crippen LogP contribution in [0.25, 0.3) is 11.0 Å². The number of hydrogen-bond acceptors (Lipinski definition) is 8. The highest BCUT2D eigenvalue weighted by Crippen LogP contribution is 2.18. The van der Waals surface area contributed by atoms with E-state index in [0.29, 0.717) is 24.2 Å². The standard InChI is InChI=1S/C11H14N8O/c1-18(2)11-16-8(20-17-11)5-12-9-7-4-15-19(3)10(7)14-6-13-9/h4,6H,5H2,1-3H3,(H,12,13,14). The molecular weight excluding hydrogens is 260 g/mol. The van der Waals surface area contributed by atoms with E-state index in [1.54, 1.807) is 15.8 Å². The van der Waals surface area contributed by atoms with Crippen molar-refractivity contribution in [3.8, 4) is 0 Å². The van der Waals surface area contributed by atoms with Gasteiger partial charge in [-0.2, -0.15) is 10.1 Å². The van der Waals surface area contributed by atoms with Gasteiger partial charge >= 0.3 is 0 Å². The molecule has 9 nitrogen and oxygen atoms in total. The zero-order chi connectivity index (χ0) is 14.1. The fraction of sp³-hybridized carbons (Fsp3) is 0.364. The van der Waals surface area contributed by atoms with Crippen molar-refractivity contribution in [2.24, 2.45) is 7.05 Å². The van der Waals surface area contributed by atoms with E-state index in [2.05, 4.69) is 30.5 Å². The monoisotopic (exact) mass is 274 g/mol. The summed E-state index contributed by atoms with van der Waals surface area (Å²) in [6.45, 7) is 0.391. The number of nitrogens with one attached hydrogen (secondary N) is 1. The lowest BCUT2D eigenvalue weighted by molar-refractivity contribution is 0.383. The fourth-order valence-corrected chi connectivity index (χ4v) is 1.76. The Labute approximate surface area is 114 Å². The van der Waals surface area contributed by atoms with E-state index in [-0.39, 0.29) is 0 Å². The third-order valence-electron chi connectivity index (χ3n) is 2.79. The minimum absolute atomic E-state index is 0.391. The van der Waals surface area contributed by atoms with Crippen LogP contribution in [0.3, 0.4) is 0 Å². The van der Waals surface area contributed by atoms with Crippen molar-refractivity contribution in [3.63, 3.8) is 0 Å². The smallest absolute Gasteiger partial charge is 0.265 e. The Hall–Kier alpha value is -2.71. The second kappa shape index (κ2) is 4.76. The van der Waals surface area contributed by atoms with Crippen LogP contribution in [0.2, 0.25) is 0 Å². The second-order valence-corrected chi connectivity index (χ2v) is 4.46. The normalized spacial score (nSPS) is 10.9. The summed E-state index contributed by atoms with van der Waals surface area (Å²) in [5.74, 6) is 1.72. The van der Waals surface area contributed by atoms with Crippen LogP contribution in [-0.2, 0) is 13.6 Å². The quantitative estimate of drug-likeness (QED) is 0.731. The van der Waals surface area contributed by atoms with Gasteiger partial charge < -0.3 is 14.7 Å². The molecule has 0 aliphatic heterocycles. The summed E-state index contributed by atoms with van der Waals surface area (Å²) in [5, 5.41) is 12.0. The first kappa shape index (κ1) is 12.3. The molecular formula is C11H14N8O. The number of fused-ring (bicyclic) bond motifs is 1. The van der Waals surface area contributed by atoms with Gasteiger partial charge in [-0.3, -0.25) is 4.68 Å². The SMILES string of the molecule is CN(C)c1noc(CNc2ncnc3c2cnn3C)n1. The fourth-order valence-electron chi connectivity index (χ4n) is 1.76. The molecule has 9 heteroatoms. The van der Waals surface area contributed by atoms with Gasteiger partial charge in [-0.25, -0.2) is 9.97 Å². The number of nitrogens with zero attached hydrogens (tertiary/aromatic N) is 7. The van der Waals surface area contributed by atoms with Crippen LogP contribution in [0.5, 0.6) is 0 Å². The zero-order valence-corrected chi connectivity index (χ0v) is 11.4. The van der Waals surface area contributed by atoms with E-state index >= 15 is 0 Å². The molecule has 0 aromatic carbocycles. The first-order valence-corrected chi connectivity index (χ1v) is 6.01. The van der Waals surface area contributed by atoms with Crippen LogP contribution in [-0.4, -0.2) is 44.0 Å². The molecule has 3 aromatic rings. The second-order valence-electron chi connectivity index (χ2n) is 4.46. The number of aromatic nitrogens is 6. The topological polar surface area (TPSA) is 97.8 Å². The largest absolute Gasteiger partial charge is 0.360 e. The van der Waals surface area contributed by atoms with Crippen LogP contribution in [0.4, 0.5) is 11.8 Å². The van der Waals surface area contributed by atoms with Gasteiger partial charge in [0.05, 0.1) is 18.1 Å². The summed E-state index contributed by atoms with van der Waals surface area (Å²) >= 11 is 0. The van der Waals surface area contributed by atoms with Crippen LogP contribution in [0.1, 0.15) is 5.89 Å². The molecule has 3 heterocycles. The predicted molar refractivity (Wildman–Crippen MR) is 72.3 cm³/mol. The summed E-state index contributed by atoms with van der Waals surface area (Å²) in [5.41, 5.74) is 0.766. The van der Waals surface area contributed by atoms with E-state index in [4.69, 9.17) is 4.52 Å². The molecule has 3 rings (SSSR count). The Balaban J connectivity index is 1.79. The molecule has 0 bridgehead atoms. The number of anilines is 2. The molecule has 0 amide bonds. The average molecular weight is 274 g/mol. The Morgan fingerprint density at radius 2 is 2.20 bits per heavy atom. The first-order valence-electron chi connectivity index (χ1n) is 6.01. The van der Waals surface area contributed by atoms with Crippen molar-refractivity contribution in [1.29, 1.82) is 0 Å². The van der Waals surface area contributed by atoms with Gasteiger partial charge in [0.15, 0.2) is 5.65 Å². The van der Waals surface area contributed by atoms with Crippen molar-refractivity contribution in [3.05, 3.63) is 18.4 Å². The molecule has 1 N–H and O–H groups in total. The summed E-state index contributed by atoms with van der Waals surface area (Å²) in [6, 6.07) is 0. The van der Waals surface area contributed by atoms with Crippen molar-refractivity contribution in [2.75, 3.05) is 24.3 Å². The Bertz CT molecular complexity index is 731. The van der Waals surface area contributed by atoms with E-state index in [1.807, 2.05) is 21.1 Å². The van der Waals surface area contributed by atoms with E-state index in [9.17, 15) is 0 Å². The third-order valence-corrected chi connectivity index (χ3v) is 2.79. The highest BCUT2D eigenvalue weighted by Gasteiger charge is 2.10. The molecule has 104 valence electrons. The molecule has 0 aliphatic carbocycles. The summed E-state index contributed by atoms with van der Waals surface area (Å²) < 4.78 is 6.83. The molecule has 0 atom stereocenters. The Morgan fingerprint density at radius 3 is 2.95 bits per heavy atom. The first-order chi connectivity index (χ1) is 9.65. The molecule has 20 heavy (non-hydrogen) atoms. The van der Waals surface area contributed by atoms with Gasteiger partial charge in [0.2, 0.25) is 5.89 Å². The molecule has 0 saturated heterocycles. The predicted octanol–water partition coefficient (Wildman–Crippen LogP) is 0.424. The van der Waals surface area contributed by atoms with Gasteiger partial charge in [0.1, 0.15) is 12.1 Å². The molecule has 0 fully saturated rings. The van der Waals surface area contributed by atoms with Crippen LogP contribution in [0.15, 0.2) is 17.0 Å². The maximum Gasteiger partial charge on any atom is 0.265 e. The maximum atomic E-state index is 5.14. The minimum atomic E-state index is 0.391. The van der Waals surface area contributed by atoms with E-state index < -0.39 is 0 Å². The van der Waals surface area contributed by atoms with Crippen molar-refractivity contribution in [2.45, 2.75) is 6.54 Å². The number of aryl methyl sites for hydroxylation is 1. The van der Waals surface area contributed by atoms with Crippen LogP contribution in [0, 0.1) is 0 Å². The number of hydrogen-bond donors (Lipinski definition) is 1. The molecule has 3 aromatic heterocycles. The molecule has 0 radical (unpaired) electrons. The van der Waals surface area contributed by atoms with Crippen molar-refractivity contribution < 1.29 is 4.52 Å². The van der Waals surface area contributed by atoms with Crippen LogP contribution < -0.4 is 10.2 Å². The lowest BCUT2D eigenvalue weighted by Crippen LogP contribution is -2.10. The summed E-state index contributed by atoms with van der Waals surface area (Å²) in [7, 11) is 5.54. The molecule has 0 saturated carbocycles. The van der Waals surface area contributed by atoms with Gasteiger partial charge in [-0.1, -0.05) is 0 Å². The highest BCUT2D eigenvalue weighted by molar-refractivity contribution is 5.85. The minimum Gasteiger partial charge on any atom is -0.360 e. The van der Waals surface area contributed by atoms with Gasteiger partial charge in [-0.05, 0) is 5.16 Å². The maximum absolute atomic E-state index is 5.14. The van der Waals surface area contributed by atoms with Gasteiger partial charge in [-0.15, -0.1) is 0 Å². The van der Waals surface area contributed by atoms with Gasteiger partial charge in [0, 0.05) is 21.1 Å². The van der Waals surface area contributed by atoms with Crippen LogP contribution >= 0.6 is 0 Å². The third kappa shape index (κ3) is 2.13. The molecule has 0 spiro atoms. The number of rotatable bonds is 4. The zero-order valence-electron chi connectivity index (χ0n) is 11.4. The highest BCUT2D eigenvalue weighted by atomic mass is 16.5. The Morgan fingerprint density at radius 1 is 1.35 bits per heavy atom. The Kier molecular flexibility index (Phi) is 2.93. The summed E-state index contributed by atoms with van der Waals surface area (Å²) in [4.78, 5) is 14.4. The van der Waals surface area contributed by atoms with E-state index in [1.165, 1.54) is 6.33 Å². The van der Waals surface area contributed by atoms with E-state index in [0.717, 1.165) is 11.0 Å². The lowest BCUT2D eigenvalue weighted by atomic mass is 10.4. The molecule has 0 aliphatic rings.